The van der Waals surface area contributed by atoms with Gasteiger partial charge >= 0.3 is 5.97 Å². The molecule has 2 amide bonds. The smallest absolute Gasteiger partial charge is 0.341 e. The van der Waals surface area contributed by atoms with Crippen LogP contribution in [0.1, 0.15) is 60.7 Å². The van der Waals surface area contributed by atoms with Gasteiger partial charge in [-0.1, -0.05) is 78.4 Å². The van der Waals surface area contributed by atoms with Gasteiger partial charge in [-0.05, 0) is 56.0 Å². The van der Waals surface area contributed by atoms with Crippen LogP contribution >= 0.6 is 11.3 Å². The highest BCUT2D eigenvalue weighted by Crippen LogP contribution is 2.36. The highest BCUT2D eigenvalue weighted by Gasteiger charge is 2.30. The molecule has 1 aromatic heterocycles. The molecule has 0 aliphatic carbocycles. The fourth-order valence-corrected chi connectivity index (χ4v) is 5.46. The maximum atomic E-state index is 13.7. The minimum atomic E-state index is -0.609. The zero-order valence-corrected chi connectivity index (χ0v) is 22.6. The molecule has 2 N–H and O–H groups in total. The summed E-state index contributed by atoms with van der Waals surface area (Å²) in [6.07, 6.45) is 0. The van der Waals surface area contributed by atoms with E-state index in [4.69, 9.17) is 4.74 Å². The number of thiophene rings is 1. The van der Waals surface area contributed by atoms with Gasteiger partial charge in [0.1, 0.15) is 5.00 Å². The Bertz CT molecular complexity index is 1420. The molecule has 6 nitrogen and oxygen atoms in total. The van der Waals surface area contributed by atoms with Crippen LogP contribution in [0.25, 0.3) is 0 Å². The molecule has 194 valence electrons. The van der Waals surface area contributed by atoms with Gasteiger partial charge in [0.05, 0.1) is 23.0 Å². The van der Waals surface area contributed by atoms with E-state index >= 15 is 0 Å². The van der Waals surface area contributed by atoms with Crippen LogP contribution in [0, 0.1) is 20.8 Å². The number of aryl methyl sites for hydroxylation is 2. The summed E-state index contributed by atoms with van der Waals surface area (Å²) in [6, 6.07) is 24.7. The molecule has 0 aliphatic heterocycles. The highest BCUT2D eigenvalue weighted by molar-refractivity contribution is 7.19. The number of hydrogen-bond acceptors (Lipinski definition) is 5. The van der Waals surface area contributed by atoms with Gasteiger partial charge in [-0.2, -0.15) is 0 Å². The molecule has 0 fully saturated rings. The summed E-state index contributed by atoms with van der Waals surface area (Å²) in [4.78, 5) is 40.4. The maximum absolute atomic E-state index is 13.7. The van der Waals surface area contributed by atoms with Gasteiger partial charge in [0.15, 0.2) is 0 Å². The largest absolute Gasteiger partial charge is 0.462 e. The molecule has 0 unspecified atom stereocenters. The Labute approximate surface area is 226 Å². The summed E-state index contributed by atoms with van der Waals surface area (Å²) in [5, 5.41) is 6.17. The van der Waals surface area contributed by atoms with Crippen LogP contribution in [-0.4, -0.2) is 24.4 Å². The summed E-state index contributed by atoms with van der Waals surface area (Å²) < 4.78 is 5.29. The lowest BCUT2D eigenvalue weighted by atomic mass is 9.90. The van der Waals surface area contributed by atoms with Crippen molar-refractivity contribution in [2.75, 3.05) is 17.2 Å². The first-order valence-electron chi connectivity index (χ1n) is 12.4. The molecule has 0 saturated carbocycles. The summed E-state index contributed by atoms with van der Waals surface area (Å²) in [5.41, 5.74) is 4.99. The number of nitrogens with one attached hydrogen (secondary N) is 2. The quantitative estimate of drug-likeness (QED) is 0.245. The predicted octanol–water partition coefficient (Wildman–Crippen LogP) is 6.87. The minimum Gasteiger partial charge on any atom is -0.462 e. The summed E-state index contributed by atoms with van der Waals surface area (Å²) in [7, 11) is 0. The SMILES string of the molecule is CCOC(=O)c1c(NC(=O)C(c2ccccc2)c2ccccc2)sc(C(=O)Nc2ccc(C)cc2C)c1C. The second-order valence-corrected chi connectivity index (χ2v) is 10.0. The average Bonchev–Trinajstić information content (AvgIpc) is 3.22. The molecule has 7 heteroatoms. The van der Waals surface area contributed by atoms with E-state index in [0.29, 0.717) is 16.1 Å². The van der Waals surface area contributed by atoms with Gasteiger partial charge in [-0.3, -0.25) is 9.59 Å². The third kappa shape index (κ3) is 5.84. The van der Waals surface area contributed by atoms with E-state index < -0.39 is 11.9 Å². The van der Waals surface area contributed by atoms with Gasteiger partial charge in [0.25, 0.3) is 5.91 Å². The van der Waals surface area contributed by atoms with Gasteiger partial charge in [-0.15, -0.1) is 11.3 Å². The van der Waals surface area contributed by atoms with E-state index in [0.717, 1.165) is 33.6 Å². The van der Waals surface area contributed by atoms with Crippen molar-refractivity contribution in [2.24, 2.45) is 0 Å². The van der Waals surface area contributed by atoms with Crippen LogP contribution in [0.5, 0.6) is 0 Å². The molecule has 4 rings (SSSR count). The standard InChI is InChI=1S/C31H30N2O4S/c1-5-37-31(36)25-21(4)27(29(35)32-24-17-16-19(2)18-20(24)3)38-30(25)33-28(34)26(22-12-8-6-9-13-22)23-14-10-7-11-15-23/h6-18,26H,5H2,1-4H3,(H,32,35)(H,33,34). The Morgan fingerprint density at radius 2 is 1.45 bits per heavy atom. The molecule has 0 bridgehead atoms. The lowest BCUT2D eigenvalue weighted by Gasteiger charge is -2.18. The first-order valence-corrected chi connectivity index (χ1v) is 13.2. The van der Waals surface area contributed by atoms with Crippen LogP contribution in [-0.2, 0) is 9.53 Å². The van der Waals surface area contributed by atoms with E-state index in [1.54, 1.807) is 13.8 Å². The van der Waals surface area contributed by atoms with Crippen molar-refractivity contribution in [1.82, 2.24) is 0 Å². The van der Waals surface area contributed by atoms with Crippen molar-refractivity contribution >= 4 is 39.8 Å². The normalized spacial score (nSPS) is 10.8. The fourth-order valence-electron chi connectivity index (χ4n) is 4.37. The molecule has 0 radical (unpaired) electrons. The maximum Gasteiger partial charge on any atom is 0.341 e. The number of ether oxygens (including phenoxy) is 1. The number of hydrogen-bond donors (Lipinski definition) is 2. The van der Waals surface area contributed by atoms with Gasteiger partial charge in [0, 0.05) is 5.69 Å². The topological polar surface area (TPSA) is 84.5 Å². The molecule has 0 aliphatic rings. The van der Waals surface area contributed by atoms with E-state index in [-0.39, 0.29) is 29.0 Å². The van der Waals surface area contributed by atoms with Crippen molar-refractivity contribution in [2.45, 2.75) is 33.6 Å². The first kappa shape index (κ1) is 26.8. The lowest BCUT2D eigenvalue weighted by molar-refractivity contribution is -0.116. The van der Waals surface area contributed by atoms with Crippen molar-refractivity contribution in [3.05, 3.63) is 117 Å². The Hall–Kier alpha value is -4.23. The highest BCUT2D eigenvalue weighted by atomic mass is 32.1. The van der Waals surface area contributed by atoms with Crippen molar-refractivity contribution in [3.8, 4) is 0 Å². The zero-order valence-electron chi connectivity index (χ0n) is 21.8. The zero-order chi connectivity index (χ0) is 27.2. The van der Waals surface area contributed by atoms with Crippen LogP contribution in [0.3, 0.4) is 0 Å². The van der Waals surface area contributed by atoms with Crippen LogP contribution in [0.4, 0.5) is 10.7 Å². The van der Waals surface area contributed by atoms with E-state index in [2.05, 4.69) is 10.6 Å². The first-order chi connectivity index (χ1) is 18.3. The molecule has 0 atom stereocenters. The fraction of sp³-hybridized carbons (Fsp3) is 0.194. The molecule has 38 heavy (non-hydrogen) atoms. The van der Waals surface area contributed by atoms with Crippen molar-refractivity contribution in [3.63, 3.8) is 0 Å². The Balaban J connectivity index is 1.71. The van der Waals surface area contributed by atoms with Gasteiger partial charge < -0.3 is 15.4 Å². The summed E-state index contributed by atoms with van der Waals surface area (Å²) >= 11 is 1.07. The van der Waals surface area contributed by atoms with Crippen molar-refractivity contribution in [1.29, 1.82) is 0 Å². The van der Waals surface area contributed by atoms with E-state index in [1.165, 1.54) is 0 Å². The number of anilines is 2. The molecule has 0 saturated heterocycles. The Kier molecular flexibility index (Phi) is 8.38. The Morgan fingerprint density at radius 3 is 2.00 bits per heavy atom. The average molecular weight is 527 g/mol. The minimum absolute atomic E-state index is 0.169. The third-order valence-electron chi connectivity index (χ3n) is 6.23. The number of esters is 1. The Morgan fingerprint density at radius 1 is 0.842 bits per heavy atom. The molecule has 1 heterocycles. The molecule has 3 aromatic carbocycles. The number of carbonyl (C=O) groups is 3. The number of carbonyl (C=O) groups excluding carboxylic acids is 3. The third-order valence-corrected chi connectivity index (χ3v) is 7.43. The predicted molar refractivity (Wildman–Crippen MR) is 152 cm³/mol. The number of rotatable bonds is 8. The monoisotopic (exact) mass is 526 g/mol. The van der Waals surface area contributed by atoms with Gasteiger partial charge in [0.2, 0.25) is 5.91 Å². The lowest BCUT2D eigenvalue weighted by Crippen LogP contribution is -2.23. The second-order valence-electron chi connectivity index (χ2n) is 9.00. The van der Waals surface area contributed by atoms with Crippen molar-refractivity contribution < 1.29 is 19.1 Å². The van der Waals surface area contributed by atoms with Crippen LogP contribution in [0.15, 0.2) is 78.9 Å². The van der Waals surface area contributed by atoms with Crippen LogP contribution in [0.2, 0.25) is 0 Å². The number of benzene rings is 3. The molecular formula is C31H30N2O4S. The number of amides is 2. The summed E-state index contributed by atoms with van der Waals surface area (Å²) in [5.74, 6) is -1.86. The summed E-state index contributed by atoms with van der Waals surface area (Å²) in [6.45, 7) is 7.49. The molecular weight excluding hydrogens is 496 g/mol. The van der Waals surface area contributed by atoms with Gasteiger partial charge in [-0.25, -0.2) is 4.79 Å². The molecule has 0 spiro atoms. The second kappa shape index (κ2) is 11.9. The molecule has 4 aromatic rings. The van der Waals surface area contributed by atoms with Crippen LogP contribution < -0.4 is 10.6 Å². The van der Waals surface area contributed by atoms with E-state index in [1.807, 2.05) is 92.7 Å². The van der Waals surface area contributed by atoms with E-state index in [9.17, 15) is 14.4 Å².